The van der Waals surface area contributed by atoms with Gasteiger partial charge < -0.3 is 15.0 Å². The molecule has 1 atom stereocenters. The number of hydrogen-bond donors (Lipinski definition) is 1. The molecule has 0 amide bonds. The molecule has 0 radical (unpaired) electrons. The number of hydrogen-bond acceptors (Lipinski definition) is 4. The summed E-state index contributed by atoms with van der Waals surface area (Å²) in [6, 6.07) is 2.22. The van der Waals surface area contributed by atoms with Crippen molar-refractivity contribution in [2.45, 2.75) is 18.9 Å². The van der Waals surface area contributed by atoms with Crippen LogP contribution in [0.2, 0.25) is 10.0 Å². The van der Waals surface area contributed by atoms with E-state index in [0.717, 1.165) is 25.5 Å². The molecule has 19 heavy (non-hydrogen) atoms. The van der Waals surface area contributed by atoms with Gasteiger partial charge in [-0.1, -0.05) is 23.2 Å². The van der Waals surface area contributed by atoms with Crippen LogP contribution in [0.25, 0.3) is 0 Å². The number of pyridine rings is 1. The Kier molecular flexibility index (Phi) is 5.70. The van der Waals surface area contributed by atoms with Crippen molar-refractivity contribution in [1.29, 1.82) is 0 Å². The average Bonchev–Trinajstić information content (AvgIpc) is 2.88. The van der Waals surface area contributed by atoms with Crippen molar-refractivity contribution in [2.75, 3.05) is 38.3 Å². The Morgan fingerprint density at radius 2 is 2.37 bits per heavy atom. The predicted molar refractivity (Wildman–Crippen MR) is 79.4 cm³/mol. The average molecular weight is 304 g/mol. The molecule has 6 heteroatoms. The third-order valence-corrected chi connectivity index (χ3v) is 3.74. The molecule has 1 aliphatic rings. The Balaban J connectivity index is 2.10. The summed E-state index contributed by atoms with van der Waals surface area (Å²) in [5.74, 6) is 0.775. The number of ether oxygens (including phenoxy) is 1. The maximum absolute atomic E-state index is 6.24. The van der Waals surface area contributed by atoms with Gasteiger partial charge in [-0.25, -0.2) is 4.98 Å². The van der Waals surface area contributed by atoms with E-state index in [9.17, 15) is 0 Å². The molecule has 106 valence electrons. The van der Waals surface area contributed by atoms with Crippen molar-refractivity contribution in [3.8, 4) is 0 Å². The fourth-order valence-corrected chi connectivity index (χ4v) is 2.80. The van der Waals surface area contributed by atoms with E-state index in [4.69, 9.17) is 27.9 Å². The smallest absolute Gasteiger partial charge is 0.147 e. The van der Waals surface area contributed by atoms with E-state index >= 15 is 0 Å². The largest absolute Gasteiger partial charge is 0.383 e. The van der Waals surface area contributed by atoms with Crippen molar-refractivity contribution >= 4 is 29.0 Å². The lowest BCUT2D eigenvalue weighted by Crippen LogP contribution is -2.39. The van der Waals surface area contributed by atoms with Crippen molar-refractivity contribution < 1.29 is 4.74 Å². The van der Waals surface area contributed by atoms with Crippen molar-refractivity contribution in [3.63, 3.8) is 0 Å². The summed E-state index contributed by atoms with van der Waals surface area (Å²) >= 11 is 12.1. The molecule has 1 N–H and O–H groups in total. The second-order valence-electron chi connectivity index (χ2n) is 4.69. The van der Waals surface area contributed by atoms with E-state index in [1.54, 1.807) is 19.4 Å². The SMILES string of the molecule is COCCN(CC1CCCN1)c1ncc(Cl)cc1Cl. The summed E-state index contributed by atoms with van der Waals surface area (Å²) in [7, 11) is 1.70. The van der Waals surface area contributed by atoms with Gasteiger partial charge in [0.1, 0.15) is 5.82 Å². The number of halogens is 2. The van der Waals surface area contributed by atoms with Gasteiger partial charge in [-0.3, -0.25) is 0 Å². The van der Waals surface area contributed by atoms with E-state index in [0.29, 0.717) is 22.7 Å². The molecule has 0 saturated carbocycles. The first kappa shape index (κ1) is 14.9. The monoisotopic (exact) mass is 303 g/mol. The molecule has 1 aromatic heterocycles. The Morgan fingerprint density at radius 3 is 3.00 bits per heavy atom. The van der Waals surface area contributed by atoms with Crippen molar-refractivity contribution in [1.82, 2.24) is 10.3 Å². The van der Waals surface area contributed by atoms with Crippen molar-refractivity contribution in [2.24, 2.45) is 0 Å². The van der Waals surface area contributed by atoms with Gasteiger partial charge in [0.05, 0.1) is 16.7 Å². The summed E-state index contributed by atoms with van der Waals surface area (Å²) in [6.45, 7) is 3.39. The van der Waals surface area contributed by atoms with Crippen LogP contribution in [0.4, 0.5) is 5.82 Å². The Hall–Kier alpha value is -0.550. The number of aromatic nitrogens is 1. The first-order valence-electron chi connectivity index (χ1n) is 6.49. The Morgan fingerprint density at radius 1 is 1.53 bits per heavy atom. The molecule has 1 aromatic rings. The quantitative estimate of drug-likeness (QED) is 0.876. The fraction of sp³-hybridized carbons (Fsp3) is 0.615. The molecule has 1 fully saturated rings. The normalized spacial score (nSPS) is 18.8. The lowest BCUT2D eigenvalue weighted by Gasteiger charge is -2.27. The van der Waals surface area contributed by atoms with Crippen LogP contribution in [0, 0.1) is 0 Å². The summed E-state index contributed by atoms with van der Waals surface area (Å²) in [4.78, 5) is 6.51. The Bertz CT molecular complexity index is 411. The van der Waals surface area contributed by atoms with Gasteiger partial charge in [-0.15, -0.1) is 0 Å². The van der Waals surface area contributed by atoms with Gasteiger partial charge in [-0.2, -0.15) is 0 Å². The zero-order valence-corrected chi connectivity index (χ0v) is 12.5. The van der Waals surface area contributed by atoms with Crippen LogP contribution in [0.5, 0.6) is 0 Å². The Labute approximate surface area is 124 Å². The predicted octanol–water partition coefficient (Wildman–Crippen LogP) is 2.59. The van der Waals surface area contributed by atoms with E-state index in [-0.39, 0.29) is 0 Å². The first-order chi connectivity index (χ1) is 9.20. The number of anilines is 1. The highest BCUT2D eigenvalue weighted by Crippen LogP contribution is 2.26. The lowest BCUT2D eigenvalue weighted by molar-refractivity contribution is 0.204. The summed E-state index contributed by atoms with van der Waals surface area (Å²) in [6.07, 6.45) is 4.05. The van der Waals surface area contributed by atoms with Crippen LogP contribution < -0.4 is 10.2 Å². The maximum Gasteiger partial charge on any atom is 0.147 e. The highest BCUT2D eigenvalue weighted by atomic mass is 35.5. The molecule has 2 rings (SSSR count). The highest BCUT2D eigenvalue weighted by molar-refractivity contribution is 6.36. The van der Waals surface area contributed by atoms with E-state index < -0.39 is 0 Å². The molecule has 0 spiro atoms. The van der Waals surface area contributed by atoms with Crippen LogP contribution in [-0.2, 0) is 4.74 Å². The zero-order valence-electron chi connectivity index (χ0n) is 11.0. The van der Waals surface area contributed by atoms with Crippen LogP contribution in [-0.4, -0.2) is 44.4 Å². The molecule has 4 nitrogen and oxygen atoms in total. The van der Waals surface area contributed by atoms with Gasteiger partial charge in [0.2, 0.25) is 0 Å². The summed E-state index contributed by atoms with van der Waals surface area (Å²) < 4.78 is 5.16. The van der Waals surface area contributed by atoms with E-state index in [2.05, 4.69) is 15.2 Å². The van der Waals surface area contributed by atoms with Gasteiger partial charge in [0, 0.05) is 32.4 Å². The van der Waals surface area contributed by atoms with Crippen LogP contribution in [0.1, 0.15) is 12.8 Å². The standard InChI is InChI=1S/C13H19Cl2N3O/c1-19-6-5-18(9-11-3-2-4-16-11)13-12(15)7-10(14)8-17-13/h7-8,11,16H,2-6,9H2,1H3. The molecule has 1 aliphatic heterocycles. The third-order valence-electron chi connectivity index (χ3n) is 3.26. The van der Waals surface area contributed by atoms with Gasteiger partial charge in [0.25, 0.3) is 0 Å². The molecular formula is C13H19Cl2N3O. The lowest BCUT2D eigenvalue weighted by atomic mass is 10.2. The van der Waals surface area contributed by atoms with Gasteiger partial charge >= 0.3 is 0 Å². The molecule has 1 unspecified atom stereocenters. The van der Waals surface area contributed by atoms with Gasteiger partial charge in [-0.05, 0) is 25.5 Å². The molecule has 0 bridgehead atoms. The first-order valence-corrected chi connectivity index (χ1v) is 7.24. The summed E-state index contributed by atoms with van der Waals surface area (Å²) in [5.41, 5.74) is 0. The minimum absolute atomic E-state index is 0.491. The van der Waals surface area contributed by atoms with E-state index in [1.165, 1.54) is 12.8 Å². The minimum atomic E-state index is 0.491. The minimum Gasteiger partial charge on any atom is -0.383 e. The third kappa shape index (κ3) is 4.21. The topological polar surface area (TPSA) is 37.4 Å². The second kappa shape index (κ2) is 7.29. The van der Waals surface area contributed by atoms with Gasteiger partial charge in [0.15, 0.2) is 0 Å². The molecular weight excluding hydrogens is 285 g/mol. The number of nitrogens with zero attached hydrogens (tertiary/aromatic N) is 2. The van der Waals surface area contributed by atoms with Crippen molar-refractivity contribution in [3.05, 3.63) is 22.3 Å². The highest BCUT2D eigenvalue weighted by Gasteiger charge is 2.20. The number of methoxy groups -OCH3 is 1. The fourth-order valence-electron chi connectivity index (χ4n) is 2.30. The summed E-state index contributed by atoms with van der Waals surface area (Å²) in [5, 5.41) is 4.62. The molecule has 0 aliphatic carbocycles. The molecule has 1 saturated heterocycles. The number of rotatable bonds is 6. The maximum atomic E-state index is 6.24. The van der Waals surface area contributed by atoms with Crippen LogP contribution >= 0.6 is 23.2 Å². The van der Waals surface area contributed by atoms with E-state index in [1.807, 2.05) is 0 Å². The number of nitrogens with one attached hydrogen (secondary N) is 1. The van der Waals surface area contributed by atoms with Crippen LogP contribution in [0.3, 0.4) is 0 Å². The molecule has 0 aromatic carbocycles. The zero-order chi connectivity index (χ0) is 13.7. The van der Waals surface area contributed by atoms with Crippen LogP contribution in [0.15, 0.2) is 12.3 Å². The molecule has 2 heterocycles. The second-order valence-corrected chi connectivity index (χ2v) is 5.53.